The van der Waals surface area contributed by atoms with Crippen molar-refractivity contribution < 1.29 is 0 Å². The molecule has 3 nitrogen and oxygen atoms in total. The van der Waals surface area contributed by atoms with Gasteiger partial charge in [0, 0.05) is 43.8 Å². The molecular formula is C17H25N3. The second-order valence-electron chi connectivity index (χ2n) is 7.01. The number of benzene rings is 1. The van der Waals surface area contributed by atoms with Gasteiger partial charge in [-0.15, -0.1) is 0 Å². The zero-order valence-corrected chi connectivity index (χ0v) is 12.4. The molecule has 20 heavy (non-hydrogen) atoms. The molecule has 2 heterocycles. The topological polar surface area (TPSA) is 32.5 Å². The van der Waals surface area contributed by atoms with Gasteiger partial charge < -0.3 is 5.73 Å². The molecule has 1 aliphatic carbocycles. The van der Waals surface area contributed by atoms with Gasteiger partial charge in [0.05, 0.1) is 0 Å². The summed E-state index contributed by atoms with van der Waals surface area (Å²) in [5, 5.41) is 0. The molecule has 2 N–H and O–H groups in total. The average molecular weight is 271 g/mol. The van der Waals surface area contributed by atoms with E-state index in [9.17, 15) is 0 Å². The van der Waals surface area contributed by atoms with Crippen LogP contribution in [0.1, 0.15) is 37.3 Å². The molecule has 108 valence electrons. The molecule has 2 fully saturated rings. The molecule has 0 radical (unpaired) electrons. The average Bonchev–Trinajstić information content (AvgIpc) is 3.11. The Morgan fingerprint density at radius 2 is 1.85 bits per heavy atom. The van der Waals surface area contributed by atoms with Gasteiger partial charge in [-0.1, -0.05) is 24.3 Å². The number of likely N-dealkylation sites (tertiary alicyclic amines) is 1. The highest BCUT2D eigenvalue weighted by molar-refractivity contribution is 5.31. The Bertz CT molecular complexity index is 486. The van der Waals surface area contributed by atoms with E-state index in [0.717, 1.165) is 25.7 Å². The van der Waals surface area contributed by atoms with Crippen LogP contribution >= 0.6 is 0 Å². The van der Waals surface area contributed by atoms with Gasteiger partial charge >= 0.3 is 0 Å². The van der Waals surface area contributed by atoms with Crippen LogP contribution in [0.25, 0.3) is 0 Å². The molecule has 2 aliphatic heterocycles. The molecule has 2 unspecified atom stereocenters. The minimum absolute atomic E-state index is 0.195. The summed E-state index contributed by atoms with van der Waals surface area (Å²) in [4.78, 5) is 5.37. The van der Waals surface area contributed by atoms with Crippen LogP contribution in [0, 0.1) is 0 Å². The molecule has 1 saturated carbocycles. The Labute approximate surface area is 121 Å². The standard InChI is InChI=1S/C17H25N3/c1-13-8-17(11-18,12-20(13)16-6-7-16)19-9-14-4-2-3-5-15(14)10-19/h2-5,13,16H,6-12,18H2,1H3. The van der Waals surface area contributed by atoms with E-state index in [2.05, 4.69) is 41.0 Å². The lowest BCUT2D eigenvalue weighted by atomic mass is 9.94. The SMILES string of the molecule is CC1CC(CN)(N2Cc3ccccc3C2)CN1C1CC1. The van der Waals surface area contributed by atoms with Crippen LogP contribution in [0.2, 0.25) is 0 Å². The largest absolute Gasteiger partial charge is 0.329 e. The molecule has 0 amide bonds. The minimum atomic E-state index is 0.195. The van der Waals surface area contributed by atoms with E-state index in [-0.39, 0.29) is 5.54 Å². The molecule has 3 heteroatoms. The third-order valence-electron chi connectivity index (χ3n) is 5.63. The number of fused-ring (bicyclic) bond motifs is 1. The van der Waals surface area contributed by atoms with E-state index in [1.165, 1.54) is 36.9 Å². The van der Waals surface area contributed by atoms with E-state index in [1.54, 1.807) is 0 Å². The molecule has 2 atom stereocenters. The van der Waals surface area contributed by atoms with Crippen LogP contribution in [0.3, 0.4) is 0 Å². The molecule has 4 rings (SSSR count). The van der Waals surface area contributed by atoms with Crippen molar-refractivity contribution >= 4 is 0 Å². The first-order valence-electron chi connectivity index (χ1n) is 7.99. The van der Waals surface area contributed by atoms with E-state index >= 15 is 0 Å². The lowest BCUT2D eigenvalue weighted by Gasteiger charge is -2.38. The highest BCUT2D eigenvalue weighted by Gasteiger charge is 2.50. The maximum Gasteiger partial charge on any atom is 0.0480 e. The van der Waals surface area contributed by atoms with E-state index in [1.807, 2.05) is 0 Å². The maximum atomic E-state index is 6.26. The molecule has 3 aliphatic rings. The maximum absolute atomic E-state index is 6.26. The monoisotopic (exact) mass is 271 g/mol. The number of nitrogens with two attached hydrogens (primary N) is 1. The first-order chi connectivity index (χ1) is 9.72. The van der Waals surface area contributed by atoms with Crippen LogP contribution in [0.5, 0.6) is 0 Å². The minimum Gasteiger partial charge on any atom is -0.329 e. The molecule has 0 spiro atoms. The molecule has 1 aromatic rings. The fourth-order valence-electron chi connectivity index (χ4n) is 4.30. The fourth-order valence-corrected chi connectivity index (χ4v) is 4.30. The van der Waals surface area contributed by atoms with Crippen molar-refractivity contribution in [3.8, 4) is 0 Å². The predicted octanol–water partition coefficient (Wildman–Crippen LogP) is 1.96. The zero-order chi connectivity index (χ0) is 13.7. The number of hydrogen-bond acceptors (Lipinski definition) is 3. The van der Waals surface area contributed by atoms with Crippen LogP contribution in [-0.2, 0) is 13.1 Å². The Balaban J connectivity index is 1.57. The van der Waals surface area contributed by atoms with E-state index < -0.39 is 0 Å². The van der Waals surface area contributed by atoms with E-state index in [4.69, 9.17) is 5.73 Å². The second-order valence-corrected chi connectivity index (χ2v) is 7.01. The Morgan fingerprint density at radius 1 is 1.20 bits per heavy atom. The van der Waals surface area contributed by atoms with Gasteiger partial charge in [-0.25, -0.2) is 0 Å². The summed E-state index contributed by atoms with van der Waals surface area (Å²) in [5.74, 6) is 0. The summed E-state index contributed by atoms with van der Waals surface area (Å²) >= 11 is 0. The lowest BCUT2D eigenvalue weighted by Crippen LogP contribution is -2.53. The number of hydrogen-bond donors (Lipinski definition) is 1. The summed E-state index contributed by atoms with van der Waals surface area (Å²) in [7, 11) is 0. The van der Waals surface area contributed by atoms with Crippen molar-refractivity contribution in [1.82, 2.24) is 9.80 Å². The molecule has 0 aromatic heterocycles. The zero-order valence-electron chi connectivity index (χ0n) is 12.4. The molecule has 0 bridgehead atoms. The Hall–Kier alpha value is -0.900. The summed E-state index contributed by atoms with van der Waals surface area (Å²) in [5.41, 5.74) is 9.45. The summed E-state index contributed by atoms with van der Waals surface area (Å²) in [6.07, 6.45) is 4.02. The summed E-state index contributed by atoms with van der Waals surface area (Å²) < 4.78 is 0. The van der Waals surface area contributed by atoms with Crippen molar-refractivity contribution in [2.75, 3.05) is 13.1 Å². The highest BCUT2D eigenvalue weighted by Crippen LogP contribution is 2.42. The lowest BCUT2D eigenvalue weighted by molar-refractivity contribution is 0.0951. The van der Waals surface area contributed by atoms with E-state index in [0.29, 0.717) is 6.04 Å². The molecular weight excluding hydrogens is 246 g/mol. The quantitative estimate of drug-likeness (QED) is 0.912. The van der Waals surface area contributed by atoms with Gasteiger partial charge in [-0.3, -0.25) is 9.80 Å². The van der Waals surface area contributed by atoms with Gasteiger partial charge in [-0.05, 0) is 37.3 Å². The predicted molar refractivity (Wildman–Crippen MR) is 81.3 cm³/mol. The summed E-state index contributed by atoms with van der Waals surface area (Å²) in [6, 6.07) is 10.4. The van der Waals surface area contributed by atoms with Gasteiger partial charge in [0.25, 0.3) is 0 Å². The van der Waals surface area contributed by atoms with Crippen LogP contribution < -0.4 is 5.73 Å². The second kappa shape index (κ2) is 4.55. The Kier molecular flexibility index (Phi) is 2.92. The van der Waals surface area contributed by atoms with Crippen LogP contribution in [-0.4, -0.2) is 40.5 Å². The fraction of sp³-hybridized carbons (Fsp3) is 0.647. The van der Waals surface area contributed by atoms with Gasteiger partial charge in [0.15, 0.2) is 0 Å². The molecule has 1 aromatic carbocycles. The van der Waals surface area contributed by atoms with Gasteiger partial charge in [0.2, 0.25) is 0 Å². The van der Waals surface area contributed by atoms with Crippen LogP contribution in [0.15, 0.2) is 24.3 Å². The smallest absolute Gasteiger partial charge is 0.0480 e. The number of nitrogens with zero attached hydrogens (tertiary/aromatic N) is 2. The summed E-state index contributed by atoms with van der Waals surface area (Å²) in [6.45, 7) is 6.51. The van der Waals surface area contributed by atoms with Crippen molar-refractivity contribution in [2.45, 2.75) is 56.9 Å². The van der Waals surface area contributed by atoms with Crippen molar-refractivity contribution in [3.63, 3.8) is 0 Å². The van der Waals surface area contributed by atoms with Crippen molar-refractivity contribution in [2.24, 2.45) is 5.73 Å². The van der Waals surface area contributed by atoms with Crippen molar-refractivity contribution in [3.05, 3.63) is 35.4 Å². The third-order valence-corrected chi connectivity index (χ3v) is 5.63. The first-order valence-corrected chi connectivity index (χ1v) is 7.99. The normalized spacial score (nSPS) is 34.6. The van der Waals surface area contributed by atoms with Crippen molar-refractivity contribution in [1.29, 1.82) is 0 Å². The highest BCUT2D eigenvalue weighted by atomic mass is 15.3. The molecule has 1 saturated heterocycles. The Morgan fingerprint density at radius 3 is 2.40 bits per heavy atom. The first kappa shape index (κ1) is 12.8. The van der Waals surface area contributed by atoms with Crippen LogP contribution in [0.4, 0.5) is 0 Å². The van der Waals surface area contributed by atoms with Gasteiger partial charge in [-0.2, -0.15) is 0 Å². The van der Waals surface area contributed by atoms with Gasteiger partial charge in [0.1, 0.15) is 0 Å². The third kappa shape index (κ3) is 1.92. The number of rotatable bonds is 3.